The molecule has 0 spiro atoms. The van der Waals surface area contributed by atoms with Crippen LogP contribution in [0.15, 0.2) is 18.6 Å². The van der Waals surface area contributed by atoms with Crippen molar-refractivity contribution in [2.45, 2.75) is 0 Å². The number of hydrogen-bond acceptors (Lipinski definition) is 5. The Morgan fingerprint density at radius 2 is 2.23 bits per heavy atom. The molecule has 2 rings (SSSR count). The molecule has 0 saturated carbocycles. The van der Waals surface area contributed by atoms with Gasteiger partial charge in [-0.1, -0.05) is 11.6 Å². The highest BCUT2D eigenvalue weighted by molar-refractivity contribution is 7.09. The van der Waals surface area contributed by atoms with E-state index in [-0.39, 0.29) is 0 Å². The molecule has 66 valence electrons. The number of anilines is 1. The number of nitrogens with two attached hydrogens (primary N) is 1. The van der Waals surface area contributed by atoms with E-state index >= 15 is 0 Å². The Kier molecular flexibility index (Phi) is 2.12. The minimum absolute atomic E-state index is 0.292. The molecule has 0 bridgehead atoms. The summed E-state index contributed by atoms with van der Waals surface area (Å²) < 4.78 is 3.95. The van der Waals surface area contributed by atoms with Gasteiger partial charge in [-0.15, -0.1) is 0 Å². The van der Waals surface area contributed by atoms with Gasteiger partial charge in [0.2, 0.25) is 0 Å². The van der Waals surface area contributed by atoms with Crippen molar-refractivity contribution >= 4 is 29.0 Å². The summed E-state index contributed by atoms with van der Waals surface area (Å²) in [6.07, 6.45) is 3.07. The lowest BCUT2D eigenvalue weighted by atomic mass is 10.3. The van der Waals surface area contributed by atoms with Crippen LogP contribution in [0.4, 0.5) is 5.82 Å². The third-order valence-electron chi connectivity index (χ3n) is 1.49. The van der Waals surface area contributed by atoms with Crippen LogP contribution in [0.25, 0.3) is 10.6 Å². The fraction of sp³-hybridized carbons (Fsp3) is 0. The van der Waals surface area contributed by atoms with Crippen molar-refractivity contribution < 1.29 is 0 Å². The molecule has 13 heavy (non-hydrogen) atoms. The first-order valence-corrected chi connectivity index (χ1v) is 4.61. The van der Waals surface area contributed by atoms with E-state index in [1.165, 1.54) is 17.9 Å². The predicted octanol–water partition coefficient (Wildman–Crippen LogP) is 1.84. The van der Waals surface area contributed by atoms with E-state index < -0.39 is 0 Å². The van der Waals surface area contributed by atoms with E-state index in [1.54, 1.807) is 6.20 Å². The van der Waals surface area contributed by atoms with Crippen LogP contribution < -0.4 is 5.73 Å². The maximum absolute atomic E-state index is 5.91. The smallest absolute Gasteiger partial charge is 0.146 e. The molecule has 0 fully saturated rings. The molecule has 0 aliphatic heterocycles. The predicted molar refractivity (Wildman–Crippen MR) is 52.6 cm³/mol. The Morgan fingerprint density at radius 3 is 2.92 bits per heavy atom. The summed E-state index contributed by atoms with van der Waals surface area (Å²) in [6.45, 7) is 0. The van der Waals surface area contributed by atoms with Crippen molar-refractivity contribution in [3.63, 3.8) is 0 Å². The molecule has 2 N–H and O–H groups in total. The molecule has 0 aliphatic carbocycles. The van der Waals surface area contributed by atoms with Gasteiger partial charge in [0.25, 0.3) is 0 Å². The quantitative estimate of drug-likeness (QED) is 0.784. The molecular weight excluding hydrogens is 208 g/mol. The van der Waals surface area contributed by atoms with Gasteiger partial charge < -0.3 is 5.73 Å². The Bertz CT molecular complexity index is 414. The number of aromatic nitrogens is 3. The van der Waals surface area contributed by atoms with E-state index in [0.717, 1.165) is 4.88 Å². The lowest BCUT2D eigenvalue weighted by molar-refractivity contribution is 1.19. The van der Waals surface area contributed by atoms with Crippen molar-refractivity contribution in [3.05, 3.63) is 23.6 Å². The zero-order valence-electron chi connectivity index (χ0n) is 6.44. The van der Waals surface area contributed by atoms with E-state index in [1.807, 2.05) is 6.07 Å². The highest BCUT2D eigenvalue weighted by Gasteiger charge is 2.09. The molecule has 0 unspecified atom stereocenters. The van der Waals surface area contributed by atoms with Crippen molar-refractivity contribution in [3.8, 4) is 10.6 Å². The maximum Gasteiger partial charge on any atom is 0.146 e. The molecule has 0 aliphatic rings. The van der Waals surface area contributed by atoms with Crippen molar-refractivity contribution in [2.24, 2.45) is 0 Å². The van der Waals surface area contributed by atoms with Crippen molar-refractivity contribution in [1.29, 1.82) is 0 Å². The van der Waals surface area contributed by atoms with Crippen LogP contribution in [0.2, 0.25) is 5.02 Å². The SMILES string of the molecule is Nc1ncnc(-c2ccns2)c1Cl. The number of rotatable bonds is 1. The minimum Gasteiger partial charge on any atom is -0.382 e. The van der Waals surface area contributed by atoms with Crippen LogP contribution in [0.1, 0.15) is 0 Å². The summed E-state index contributed by atoms with van der Waals surface area (Å²) in [5.74, 6) is 0.292. The third kappa shape index (κ3) is 1.48. The summed E-state index contributed by atoms with van der Waals surface area (Å²) in [7, 11) is 0. The zero-order valence-corrected chi connectivity index (χ0v) is 8.01. The lowest BCUT2D eigenvalue weighted by Gasteiger charge is -2.00. The van der Waals surface area contributed by atoms with Gasteiger partial charge in [-0.2, -0.15) is 0 Å². The Morgan fingerprint density at radius 1 is 1.38 bits per heavy atom. The van der Waals surface area contributed by atoms with Gasteiger partial charge in [-0.05, 0) is 17.6 Å². The van der Waals surface area contributed by atoms with E-state index in [0.29, 0.717) is 16.5 Å². The minimum atomic E-state index is 0.292. The number of halogens is 1. The van der Waals surface area contributed by atoms with Crippen LogP contribution in [-0.2, 0) is 0 Å². The maximum atomic E-state index is 5.91. The normalized spacial score (nSPS) is 10.2. The second-order valence-electron chi connectivity index (χ2n) is 2.30. The highest BCUT2D eigenvalue weighted by Crippen LogP contribution is 2.30. The monoisotopic (exact) mass is 212 g/mol. The summed E-state index contributed by atoms with van der Waals surface area (Å²) in [4.78, 5) is 8.69. The number of hydrogen-bond donors (Lipinski definition) is 1. The summed E-state index contributed by atoms with van der Waals surface area (Å²) in [5, 5.41) is 0.381. The van der Waals surface area contributed by atoms with Gasteiger partial charge in [0, 0.05) is 6.20 Å². The van der Waals surface area contributed by atoms with Crippen LogP contribution in [-0.4, -0.2) is 14.3 Å². The molecule has 0 aromatic carbocycles. The molecule has 0 atom stereocenters. The Labute approximate surface area is 83.6 Å². The summed E-state index contributed by atoms with van der Waals surface area (Å²) >= 11 is 7.23. The molecule has 0 saturated heterocycles. The summed E-state index contributed by atoms with van der Waals surface area (Å²) in [6, 6.07) is 1.83. The largest absolute Gasteiger partial charge is 0.382 e. The second kappa shape index (κ2) is 3.27. The van der Waals surface area contributed by atoms with E-state index in [4.69, 9.17) is 17.3 Å². The molecule has 2 aromatic heterocycles. The van der Waals surface area contributed by atoms with Gasteiger partial charge in [0.05, 0.1) is 4.88 Å². The Hall–Kier alpha value is -1.20. The first kappa shape index (κ1) is 8.40. The zero-order chi connectivity index (χ0) is 9.26. The van der Waals surface area contributed by atoms with E-state index in [2.05, 4.69) is 14.3 Å². The second-order valence-corrected chi connectivity index (χ2v) is 3.51. The Balaban J connectivity index is 2.59. The standard InChI is InChI=1S/C7H5ClN4S/c8-5-6(4-1-2-12-13-4)10-3-11-7(5)9/h1-3H,(H2,9,10,11). The highest BCUT2D eigenvalue weighted by atomic mass is 35.5. The fourth-order valence-electron chi connectivity index (χ4n) is 0.893. The van der Waals surface area contributed by atoms with Gasteiger partial charge in [-0.25, -0.2) is 14.3 Å². The molecule has 0 radical (unpaired) electrons. The third-order valence-corrected chi connectivity index (χ3v) is 2.61. The van der Waals surface area contributed by atoms with Crippen LogP contribution in [0.3, 0.4) is 0 Å². The number of nitrogens with zero attached hydrogens (tertiary/aromatic N) is 3. The topological polar surface area (TPSA) is 64.7 Å². The average Bonchev–Trinajstić information content (AvgIpc) is 2.62. The van der Waals surface area contributed by atoms with Gasteiger partial charge in [0.15, 0.2) is 0 Å². The molecule has 2 aromatic rings. The van der Waals surface area contributed by atoms with Gasteiger partial charge in [-0.3, -0.25) is 0 Å². The van der Waals surface area contributed by atoms with Crippen LogP contribution >= 0.6 is 23.1 Å². The van der Waals surface area contributed by atoms with Crippen molar-refractivity contribution in [1.82, 2.24) is 14.3 Å². The first-order valence-electron chi connectivity index (χ1n) is 3.46. The lowest BCUT2D eigenvalue weighted by Crippen LogP contribution is -1.94. The van der Waals surface area contributed by atoms with Gasteiger partial charge >= 0.3 is 0 Å². The van der Waals surface area contributed by atoms with Crippen LogP contribution in [0.5, 0.6) is 0 Å². The molecular formula is C7H5ClN4S. The average molecular weight is 213 g/mol. The number of nitrogen functional groups attached to an aromatic ring is 1. The van der Waals surface area contributed by atoms with Crippen molar-refractivity contribution in [2.75, 3.05) is 5.73 Å². The molecule has 6 heteroatoms. The molecule has 2 heterocycles. The first-order chi connectivity index (χ1) is 6.29. The van der Waals surface area contributed by atoms with E-state index in [9.17, 15) is 0 Å². The fourth-order valence-corrected chi connectivity index (χ4v) is 1.75. The van der Waals surface area contributed by atoms with Gasteiger partial charge in [0.1, 0.15) is 22.9 Å². The van der Waals surface area contributed by atoms with Crippen LogP contribution in [0, 0.1) is 0 Å². The molecule has 0 amide bonds. The molecule has 4 nitrogen and oxygen atoms in total. The summed E-state index contributed by atoms with van der Waals surface area (Å²) in [5.41, 5.74) is 6.16.